The van der Waals surface area contributed by atoms with Gasteiger partial charge in [0.05, 0.1) is 0 Å². The lowest BCUT2D eigenvalue weighted by molar-refractivity contribution is 0.623. The molecule has 5 heteroatoms. The highest BCUT2D eigenvalue weighted by atomic mass is 16.3. The van der Waals surface area contributed by atoms with Crippen molar-refractivity contribution in [1.29, 1.82) is 0 Å². The molecule has 2 aromatic heterocycles. The Hall–Kier alpha value is -6.46. The predicted molar refractivity (Wildman–Crippen MR) is 192 cm³/mol. The third-order valence-corrected chi connectivity index (χ3v) is 9.36. The van der Waals surface area contributed by atoms with Crippen molar-refractivity contribution in [3.8, 4) is 56.7 Å². The SMILES string of the molecule is c1ccc(-c2nc(-c3ccc4ccc5ccc6nc(-c7ccccc7)oc6c5c4c3)nc(-c3cccc4c3-c3ccccc3C4)n2)cc1. The standard InChI is InChI=1S/C43H26N4O/c1-3-10-28(11-4-1)40-45-41(47-42(46-40)34-17-9-15-31-24-30-14-7-8-16-33(30)37(31)34)32-21-19-26-18-20-27-22-23-36-39(38(27)35(26)25-32)48-43(44-36)29-12-5-2-6-13-29/h1-23,25H,24H2. The highest BCUT2D eigenvalue weighted by Gasteiger charge is 2.24. The van der Waals surface area contributed by atoms with Crippen molar-refractivity contribution in [1.82, 2.24) is 19.9 Å². The first-order valence-electron chi connectivity index (χ1n) is 16.1. The van der Waals surface area contributed by atoms with Gasteiger partial charge < -0.3 is 4.42 Å². The summed E-state index contributed by atoms with van der Waals surface area (Å²) >= 11 is 0. The topological polar surface area (TPSA) is 64.7 Å². The zero-order valence-electron chi connectivity index (χ0n) is 25.8. The van der Waals surface area contributed by atoms with E-state index in [1.54, 1.807) is 0 Å². The summed E-state index contributed by atoms with van der Waals surface area (Å²) in [5, 5.41) is 4.27. The van der Waals surface area contributed by atoms with Crippen molar-refractivity contribution in [2.75, 3.05) is 0 Å². The zero-order chi connectivity index (χ0) is 31.6. The van der Waals surface area contributed by atoms with Crippen LogP contribution in [0.1, 0.15) is 11.1 Å². The van der Waals surface area contributed by atoms with Crippen LogP contribution in [0.2, 0.25) is 0 Å². The molecule has 1 aliphatic carbocycles. The summed E-state index contributed by atoms with van der Waals surface area (Å²) in [5.74, 6) is 2.53. The minimum Gasteiger partial charge on any atom is -0.435 e. The molecule has 0 amide bonds. The van der Waals surface area contributed by atoms with E-state index in [9.17, 15) is 0 Å². The molecule has 7 aromatic carbocycles. The van der Waals surface area contributed by atoms with E-state index in [-0.39, 0.29) is 0 Å². The van der Waals surface area contributed by atoms with E-state index in [4.69, 9.17) is 24.4 Å². The van der Waals surface area contributed by atoms with Crippen LogP contribution in [0.3, 0.4) is 0 Å². The van der Waals surface area contributed by atoms with Crippen LogP contribution in [0.5, 0.6) is 0 Å². The van der Waals surface area contributed by atoms with Crippen molar-refractivity contribution in [2.24, 2.45) is 0 Å². The van der Waals surface area contributed by atoms with E-state index in [2.05, 4.69) is 78.9 Å². The summed E-state index contributed by atoms with van der Waals surface area (Å²) in [5.41, 5.74) is 10.5. The Morgan fingerprint density at radius 2 is 1.10 bits per heavy atom. The number of rotatable bonds is 4. The Morgan fingerprint density at radius 1 is 0.458 bits per heavy atom. The average Bonchev–Trinajstić information content (AvgIpc) is 3.77. The molecule has 5 nitrogen and oxygen atoms in total. The van der Waals surface area contributed by atoms with Crippen molar-refractivity contribution >= 4 is 32.6 Å². The van der Waals surface area contributed by atoms with Gasteiger partial charge in [0.25, 0.3) is 0 Å². The van der Waals surface area contributed by atoms with Gasteiger partial charge in [0.15, 0.2) is 23.1 Å². The molecule has 0 spiro atoms. The molecule has 1 aliphatic rings. The summed E-state index contributed by atoms with van der Waals surface area (Å²) in [6.07, 6.45) is 0.905. The minimum absolute atomic E-state index is 0.609. The second-order valence-electron chi connectivity index (χ2n) is 12.2. The van der Waals surface area contributed by atoms with E-state index >= 15 is 0 Å². The second-order valence-corrected chi connectivity index (χ2v) is 12.2. The maximum Gasteiger partial charge on any atom is 0.227 e. The minimum atomic E-state index is 0.609. The number of fused-ring (bicyclic) bond motifs is 8. The van der Waals surface area contributed by atoms with Crippen molar-refractivity contribution < 1.29 is 4.42 Å². The van der Waals surface area contributed by atoms with Gasteiger partial charge in [-0.15, -0.1) is 0 Å². The molecule has 48 heavy (non-hydrogen) atoms. The molecule has 2 heterocycles. The summed E-state index contributed by atoms with van der Waals surface area (Å²) in [6, 6.07) is 50.1. The van der Waals surface area contributed by atoms with Crippen LogP contribution in [0.15, 0.2) is 150 Å². The smallest absolute Gasteiger partial charge is 0.227 e. The van der Waals surface area contributed by atoms with Gasteiger partial charge in [-0.05, 0) is 69.1 Å². The molecule has 0 radical (unpaired) electrons. The summed E-state index contributed by atoms with van der Waals surface area (Å²) in [6.45, 7) is 0. The number of aromatic nitrogens is 4. The molecule has 0 saturated carbocycles. The molecular formula is C43H26N4O. The number of nitrogens with zero attached hydrogens (tertiary/aromatic N) is 4. The number of benzene rings is 7. The molecule has 0 atom stereocenters. The maximum atomic E-state index is 6.49. The van der Waals surface area contributed by atoms with E-state index in [1.165, 1.54) is 22.3 Å². The Balaban J connectivity index is 1.20. The third kappa shape index (κ3) is 4.25. The van der Waals surface area contributed by atoms with Gasteiger partial charge in [0.2, 0.25) is 5.89 Å². The molecule has 0 unspecified atom stereocenters. The molecule has 0 N–H and O–H groups in total. The van der Waals surface area contributed by atoms with Crippen LogP contribution in [0, 0.1) is 0 Å². The van der Waals surface area contributed by atoms with E-state index in [0.29, 0.717) is 23.4 Å². The Bertz CT molecular complexity index is 2700. The third-order valence-electron chi connectivity index (χ3n) is 9.36. The van der Waals surface area contributed by atoms with Crippen molar-refractivity contribution in [3.63, 3.8) is 0 Å². The largest absolute Gasteiger partial charge is 0.435 e. The van der Waals surface area contributed by atoms with Crippen LogP contribution in [-0.4, -0.2) is 19.9 Å². The highest BCUT2D eigenvalue weighted by Crippen LogP contribution is 2.43. The first-order chi connectivity index (χ1) is 23.8. The molecule has 0 saturated heterocycles. The van der Waals surface area contributed by atoms with Crippen molar-refractivity contribution in [2.45, 2.75) is 6.42 Å². The van der Waals surface area contributed by atoms with Crippen LogP contribution in [0.4, 0.5) is 0 Å². The van der Waals surface area contributed by atoms with Gasteiger partial charge in [0, 0.05) is 27.6 Å². The first-order valence-corrected chi connectivity index (χ1v) is 16.1. The van der Waals surface area contributed by atoms with Gasteiger partial charge in [-0.25, -0.2) is 19.9 Å². The zero-order valence-corrected chi connectivity index (χ0v) is 25.8. The Morgan fingerprint density at radius 3 is 1.96 bits per heavy atom. The monoisotopic (exact) mass is 614 g/mol. The number of oxazole rings is 1. The molecule has 224 valence electrons. The van der Waals surface area contributed by atoms with Gasteiger partial charge in [-0.3, -0.25) is 0 Å². The van der Waals surface area contributed by atoms with E-state index in [0.717, 1.165) is 61.3 Å². The average molecular weight is 615 g/mol. The number of hydrogen-bond acceptors (Lipinski definition) is 5. The van der Waals surface area contributed by atoms with E-state index in [1.807, 2.05) is 66.7 Å². The summed E-state index contributed by atoms with van der Waals surface area (Å²) in [4.78, 5) is 20.2. The van der Waals surface area contributed by atoms with Crippen LogP contribution in [-0.2, 0) is 6.42 Å². The van der Waals surface area contributed by atoms with Crippen LogP contribution in [0.25, 0.3) is 89.4 Å². The molecule has 0 aliphatic heterocycles. The van der Waals surface area contributed by atoms with Gasteiger partial charge in [-0.2, -0.15) is 0 Å². The molecule has 0 bridgehead atoms. The van der Waals surface area contributed by atoms with Crippen molar-refractivity contribution in [3.05, 3.63) is 157 Å². The molecule has 9 aromatic rings. The lowest BCUT2D eigenvalue weighted by Gasteiger charge is -2.12. The molecule has 10 rings (SSSR count). The fourth-order valence-corrected chi connectivity index (χ4v) is 7.08. The second kappa shape index (κ2) is 10.5. The maximum absolute atomic E-state index is 6.49. The Kier molecular flexibility index (Phi) is 5.87. The first kappa shape index (κ1) is 26.7. The summed E-state index contributed by atoms with van der Waals surface area (Å²) < 4.78 is 6.49. The lowest BCUT2D eigenvalue weighted by Crippen LogP contribution is -2.01. The summed E-state index contributed by atoms with van der Waals surface area (Å²) in [7, 11) is 0. The quantitative estimate of drug-likeness (QED) is 0.185. The van der Waals surface area contributed by atoms with E-state index < -0.39 is 0 Å². The Labute approximate surface area is 276 Å². The highest BCUT2D eigenvalue weighted by molar-refractivity contribution is 6.18. The number of hydrogen-bond donors (Lipinski definition) is 0. The lowest BCUT2D eigenvalue weighted by atomic mass is 9.98. The fraction of sp³-hybridized carbons (Fsp3) is 0.0233. The molecular weight excluding hydrogens is 589 g/mol. The van der Waals surface area contributed by atoms with Gasteiger partial charge >= 0.3 is 0 Å². The predicted octanol–water partition coefficient (Wildman–Crippen LogP) is 10.6. The van der Waals surface area contributed by atoms with Gasteiger partial charge in [0.1, 0.15) is 5.52 Å². The van der Waals surface area contributed by atoms with Crippen LogP contribution < -0.4 is 0 Å². The normalized spacial score (nSPS) is 12.1. The molecule has 0 fully saturated rings. The van der Waals surface area contributed by atoms with Gasteiger partial charge in [-0.1, -0.05) is 121 Å². The fourth-order valence-electron chi connectivity index (χ4n) is 7.08. The van der Waals surface area contributed by atoms with Crippen LogP contribution >= 0.6 is 0 Å².